The fraction of sp³-hybridized carbons (Fsp3) is 0.556. The van der Waals surface area contributed by atoms with Gasteiger partial charge in [-0.3, -0.25) is 4.79 Å². The highest BCUT2D eigenvalue weighted by molar-refractivity contribution is 5.83. The van der Waals surface area contributed by atoms with E-state index in [1.165, 1.54) is 0 Å². The number of carboxylic acids is 1. The van der Waals surface area contributed by atoms with E-state index in [1.54, 1.807) is 6.92 Å². The van der Waals surface area contributed by atoms with Crippen molar-refractivity contribution in [3.05, 3.63) is 35.9 Å². The average Bonchev–Trinajstić information content (AvgIpc) is 2.71. The van der Waals surface area contributed by atoms with Crippen molar-refractivity contribution in [2.75, 3.05) is 0 Å². The molecule has 0 radical (unpaired) electrons. The molecule has 1 aliphatic carbocycles. The first-order chi connectivity index (χ1) is 10.2. The lowest BCUT2D eigenvalue weighted by atomic mass is 9.65. The molecular formula is C18H24NO3-. The first-order valence-corrected chi connectivity index (χ1v) is 7.77. The topological polar surface area (TPSA) is 69.2 Å². The number of benzene rings is 1. The molecule has 22 heavy (non-hydrogen) atoms. The molecule has 1 aromatic carbocycles. The van der Waals surface area contributed by atoms with Crippen molar-refractivity contribution >= 4 is 11.9 Å². The minimum atomic E-state index is -1.07. The van der Waals surface area contributed by atoms with E-state index < -0.39 is 16.8 Å². The van der Waals surface area contributed by atoms with E-state index in [2.05, 4.69) is 5.32 Å². The molecule has 1 aromatic rings. The summed E-state index contributed by atoms with van der Waals surface area (Å²) in [4.78, 5) is 24.1. The van der Waals surface area contributed by atoms with E-state index in [1.807, 2.05) is 51.1 Å². The molecular weight excluding hydrogens is 278 g/mol. The number of aliphatic carboxylic acids is 1. The standard InChI is InChI=1S/C18H25NO3/c1-12(13-8-6-5-7-9-13)19-15(20)14-10-11-18(4,16(21)22)17(14,2)3/h5-9,12,14H,10-11H2,1-4H3,(H,19,20)(H,21,22)/p-1/t12-,14-,18+/m1/s1. The second kappa shape index (κ2) is 5.75. The minimum Gasteiger partial charge on any atom is -0.550 e. The van der Waals surface area contributed by atoms with Crippen LogP contribution in [-0.4, -0.2) is 11.9 Å². The Hall–Kier alpha value is -1.84. The van der Waals surface area contributed by atoms with Gasteiger partial charge >= 0.3 is 0 Å². The Balaban J connectivity index is 2.13. The Labute approximate surface area is 131 Å². The highest BCUT2D eigenvalue weighted by Crippen LogP contribution is 2.55. The highest BCUT2D eigenvalue weighted by atomic mass is 16.4. The van der Waals surface area contributed by atoms with E-state index >= 15 is 0 Å². The summed E-state index contributed by atoms with van der Waals surface area (Å²) < 4.78 is 0. The van der Waals surface area contributed by atoms with Gasteiger partial charge in [0.15, 0.2) is 0 Å². The third-order valence-corrected chi connectivity index (χ3v) is 5.65. The number of carboxylic acid groups (broad SMARTS) is 1. The molecule has 2 rings (SSSR count). The summed E-state index contributed by atoms with van der Waals surface area (Å²) in [5.74, 6) is -1.46. The average molecular weight is 302 g/mol. The summed E-state index contributed by atoms with van der Waals surface area (Å²) in [6.45, 7) is 7.34. The van der Waals surface area contributed by atoms with Gasteiger partial charge in [0.25, 0.3) is 0 Å². The molecule has 3 atom stereocenters. The summed E-state index contributed by atoms with van der Waals surface area (Å²) >= 11 is 0. The monoisotopic (exact) mass is 302 g/mol. The Morgan fingerprint density at radius 2 is 1.82 bits per heavy atom. The first-order valence-electron chi connectivity index (χ1n) is 7.77. The van der Waals surface area contributed by atoms with Gasteiger partial charge in [-0.1, -0.05) is 51.1 Å². The van der Waals surface area contributed by atoms with Crippen LogP contribution in [-0.2, 0) is 9.59 Å². The molecule has 1 fully saturated rings. The van der Waals surface area contributed by atoms with Gasteiger partial charge in [0.2, 0.25) is 5.91 Å². The van der Waals surface area contributed by atoms with Crippen molar-refractivity contribution in [2.24, 2.45) is 16.7 Å². The molecule has 1 saturated carbocycles. The SMILES string of the molecule is C[C@@H](NC(=O)[C@H]1CC[C@@](C)(C(=O)[O-])C1(C)C)c1ccccc1. The fourth-order valence-electron chi connectivity index (χ4n) is 3.46. The maximum absolute atomic E-state index is 12.6. The van der Waals surface area contributed by atoms with Crippen molar-refractivity contribution in [1.82, 2.24) is 5.32 Å². The Morgan fingerprint density at radius 3 is 2.32 bits per heavy atom. The predicted octanol–water partition coefficient (Wildman–Crippen LogP) is 2.06. The van der Waals surface area contributed by atoms with Crippen LogP contribution in [0.5, 0.6) is 0 Å². The molecule has 1 amide bonds. The van der Waals surface area contributed by atoms with E-state index in [9.17, 15) is 14.7 Å². The Kier molecular flexibility index (Phi) is 4.32. The Morgan fingerprint density at radius 1 is 1.23 bits per heavy atom. The predicted molar refractivity (Wildman–Crippen MR) is 82.6 cm³/mol. The zero-order chi connectivity index (χ0) is 16.5. The summed E-state index contributed by atoms with van der Waals surface area (Å²) in [7, 11) is 0. The van der Waals surface area contributed by atoms with Crippen LogP contribution in [0.3, 0.4) is 0 Å². The van der Waals surface area contributed by atoms with E-state index in [-0.39, 0.29) is 17.9 Å². The maximum Gasteiger partial charge on any atom is 0.224 e. The van der Waals surface area contributed by atoms with Crippen LogP contribution in [0, 0.1) is 16.7 Å². The molecule has 0 saturated heterocycles. The number of rotatable bonds is 4. The molecule has 4 heteroatoms. The largest absolute Gasteiger partial charge is 0.550 e. The van der Waals surface area contributed by atoms with Crippen LogP contribution in [0.2, 0.25) is 0 Å². The van der Waals surface area contributed by atoms with Crippen LogP contribution in [0.4, 0.5) is 0 Å². The van der Waals surface area contributed by atoms with Gasteiger partial charge in [0.05, 0.1) is 6.04 Å². The molecule has 0 heterocycles. The summed E-state index contributed by atoms with van der Waals surface area (Å²) in [5, 5.41) is 14.5. The second-order valence-electron chi connectivity index (χ2n) is 7.07. The molecule has 0 bridgehead atoms. The van der Waals surface area contributed by atoms with Gasteiger partial charge in [0, 0.05) is 17.3 Å². The zero-order valence-electron chi connectivity index (χ0n) is 13.7. The minimum absolute atomic E-state index is 0.0775. The molecule has 0 unspecified atom stereocenters. The molecule has 0 aliphatic heterocycles. The van der Waals surface area contributed by atoms with Crippen LogP contribution in [0.1, 0.15) is 52.1 Å². The van der Waals surface area contributed by atoms with Crippen LogP contribution >= 0.6 is 0 Å². The number of hydrogen-bond acceptors (Lipinski definition) is 3. The third-order valence-electron chi connectivity index (χ3n) is 5.65. The third kappa shape index (κ3) is 2.62. The molecule has 0 aromatic heterocycles. The first kappa shape index (κ1) is 16.5. The summed E-state index contributed by atoms with van der Waals surface area (Å²) in [5.41, 5.74) is -0.563. The zero-order valence-corrected chi connectivity index (χ0v) is 13.7. The second-order valence-corrected chi connectivity index (χ2v) is 7.07. The lowest BCUT2D eigenvalue weighted by Crippen LogP contribution is -2.50. The van der Waals surface area contributed by atoms with E-state index in [0.29, 0.717) is 12.8 Å². The van der Waals surface area contributed by atoms with Crippen molar-refractivity contribution in [3.63, 3.8) is 0 Å². The lowest BCUT2D eigenvalue weighted by Gasteiger charge is -2.42. The smallest absolute Gasteiger partial charge is 0.224 e. The number of carbonyl (C=O) groups excluding carboxylic acids is 2. The molecule has 1 N–H and O–H groups in total. The van der Waals surface area contributed by atoms with E-state index in [0.717, 1.165) is 5.56 Å². The molecule has 1 aliphatic rings. The number of amides is 1. The van der Waals surface area contributed by atoms with E-state index in [4.69, 9.17) is 0 Å². The highest BCUT2D eigenvalue weighted by Gasteiger charge is 2.54. The van der Waals surface area contributed by atoms with Crippen molar-refractivity contribution in [3.8, 4) is 0 Å². The van der Waals surface area contributed by atoms with Gasteiger partial charge in [-0.15, -0.1) is 0 Å². The number of nitrogens with one attached hydrogen (secondary N) is 1. The van der Waals surface area contributed by atoms with Crippen molar-refractivity contribution in [1.29, 1.82) is 0 Å². The van der Waals surface area contributed by atoms with Gasteiger partial charge in [0.1, 0.15) is 0 Å². The number of carbonyl (C=O) groups is 2. The summed E-state index contributed by atoms with van der Waals surface area (Å²) in [6.07, 6.45) is 1.05. The summed E-state index contributed by atoms with van der Waals surface area (Å²) in [6, 6.07) is 9.64. The fourth-order valence-corrected chi connectivity index (χ4v) is 3.46. The van der Waals surface area contributed by atoms with Gasteiger partial charge in [-0.2, -0.15) is 0 Å². The van der Waals surface area contributed by atoms with Crippen molar-refractivity contribution < 1.29 is 14.7 Å². The number of hydrogen-bond donors (Lipinski definition) is 1. The van der Waals surface area contributed by atoms with Gasteiger partial charge < -0.3 is 15.2 Å². The van der Waals surface area contributed by atoms with Crippen molar-refractivity contribution in [2.45, 2.75) is 46.6 Å². The maximum atomic E-state index is 12.6. The molecule has 0 spiro atoms. The quantitative estimate of drug-likeness (QED) is 0.925. The molecule has 120 valence electrons. The van der Waals surface area contributed by atoms with Gasteiger partial charge in [-0.05, 0) is 30.7 Å². The van der Waals surface area contributed by atoms with Crippen LogP contribution in [0.15, 0.2) is 30.3 Å². The van der Waals surface area contributed by atoms with Crippen LogP contribution in [0.25, 0.3) is 0 Å². The normalized spacial score (nSPS) is 28.1. The lowest BCUT2D eigenvalue weighted by molar-refractivity contribution is -0.323. The van der Waals surface area contributed by atoms with Crippen LogP contribution < -0.4 is 10.4 Å². The van der Waals surface area contributed by atoms with Gasteiger partial charge in [-0.25, -0.2) is 0 Å². The Bertz CT molecular complexity index is 567. The molecule has 4 nitrogen and oxygen atoms in total.